The van der Waals surface area contributed by atoms with Crippen molar-refractivity contribution in [2.75, 3.05) is 0 Å². The van der Waals surface area contributed by atoms with Gasteiger partial charge in [0.15, 0.2) is 0 Å². The number of aliphatic hydroxyl groups excluding tert-OH is 1. The van der Waals surface area contributed by atoms with Crippen molar-refractivity contribution < 1.29 is 30.0 Å². The van der Waals surface area contributed by atoms with Crippen LogP contribution in [-0.2, 0) is 4.79 Å². The fourth-order valence-electron chi connectivity index (χ4n) is 0. The molecule has 0 rings (SSSR count). The van der Waals surface area contributed by atoms with Crippen molar-refractivity contribution in [3.8, 4) is 0 Å². The van der Waals surface area contributed by atoms with Gasteiger partial charge >= 0.3 is 29.0 Å². The summed E-state index contributed by atoms with van der Waals surface area (Å²) in [5.74, 6) is -1.19. The van der Waals surface area contributed by atoms with Gasteiger partial charge in [0.2, 0.25) is 0 Å². The molecule has 0 amide bonds. The zero-order valence-corrected chi connectivity index (χ0v) is 7.23. The SMILES string of the molecule is CC(O)C(=O)O.O=C([O-])[O-].[Mg+2]. The van der Waals surface area contributed by atoms with Crippen LogP contribution in [0.25, 0.3) is 0 Å². The number of hydrogen-bond acceptors (Lipinski definition) is 5. The fourth-order valence-corrected chi connectivity index (χ4v) is 0. The van der Waals surface area contributed by atoms with Crippen molar-refractivity contribution in [3.05, 3.63) is 0 Å². The second-order valence-electron chi connectivity index (χ2n) is 1.26. The molecular formula is C4H6MgO6. The summed E-state index contributed by atoms with van der Waals surface area (Å²) in [5.41, 5.74) is 0. The minimum absolute atomic E-state index is 0. The summed E-state index contributed by atoms with van der Waals surface area (Å²) in [5, 5.41) is 32.4. The number of carboxylic acids is 1. The Morgan fingerprint density at radius 2 is 1.45 bits per heavy atom. The van der Waals surface area contributed by atoms with Crippen LogP contribution in [0.15, 0.2) is 0 Å². The van der Waals surface area contributed by atoms with Crippen LogP contribution in [0.2, 0.25) is 0 Å². The first-order valence-corrected chi connectivity index (χ1v) is 2.16. The first-order chi connectivity index (χ1) is 4.37. The summed E-state index contributed by atoms with van der Waals surface area (Å²) < 4.78 is 0. The second-order valence-corrected chi connectivity index (χ2v) is 1.26. The van der Waals surface area contributed by atoms with E-state index in [1.54, 1.807) is 0 Å². The molecule has 0 aromatic heterocycles. The summed E-state index contributed by atoms with van der Waals surface area (Å²) in [6.07, 6.45) is -3.56. The Morgan fingerprint density at radius 3 is 1.45 bits per heavy atom. The van der Waals surface area contributed by atoms with E-state index in [2.05, 4.69) is 0 Å². The number of carbonyl (C=O) groups excluding carboxylic acids is 1. The fraction of sp³-hybridized carbons (Fsp3) is 0.500. The van der Waals surface area contributed by atoms with Crippen molar-refractivity contribution in [3.63, 3.8) is 0 Å². The number of hydrogen-bond donors (Lipinski definition) is 2. The van der Waals surface area contributed by atoms with Gasteiger partial charge in [-0.05, 0) is 13.1 Å². The minimum atomic E-state index is -2.33. The Kier molecular flexibility index (Phi) is 14.5. The van der Waals surface area contributed by atoms with Gasteiger partial charge in [-0.15, -0.1) is 0 Å². The summed E-state index contributed by atoms with van der Waals surface area (Å²) in [6, 6.07) is 0. The quantitative estimate of drug-likeness (QED) is 0.400. The van der Waals surface area contributed by atoms with Crippen LogP contribution in [0.4, 0.5) is 4.79 Å². The van der Waals surface area contributed by atoms with Gasteiger partial charge in [-0.1, -0.05) is 0 Å². The molecule has 6 nitrogen and oxygen atoms in total. The van der Waals surface area contributed by atoms with Crippen LogP contribution in [0.1, 0.15) is 6.92 Å². The van der Waals surface area contributed by atoms with Crippen LogP contribution >= 0.6 is 0 Å². The molecule has 0 aliphatic carbocycles. The molecule has 11 heavy (non-hydrogen) atoms. The molecule has 0 radical (unpaired) electrons. The van der Waals surface area contributed by atoms with Crippen LogP contribution < -0.4 is 10.2 Å². The van der Waals surface area contributed by atoms with E-state index in [-0.39, 0.29) is 23.1 Å². The summed E-state index contributed by atoms with van der Waals surface area (Å²) in [4.78, 5) is 17.8. The number of carbonyl (C=O) groups is 2. The predicted molar refractivity (Wildman–Crippen MR) is 30.5 cm³/mol. The van der Waals surface area contributed by atoms with Crippen molar-refractivity contribution in [2.24, 2.45) is 0 Å². The third-order valence-corrected chi connectivity index (χ3v) is 0.357. The minimum Gasteiger partial charge on any atom is -0.652 e. The van der Waals surface area contributed by atoms with E-state index in [1.807, 2.05) is 0 Å². The molecule has 7 heteroatoms. The maximum Gasteiger partial charge on any atom is 2.00 e. The van der Waals surface area contributed by atoms with Crippen LogP contribution in [0, 0.1) is 0 Å². The van der Waals surface area contributed by atoms with Crippen molar-refractivity contribution in [2.45, 2.75) is 13.0 Å². The van der Waals surface area contributed by atoms with Crippen molar-refractivity contribution in [1.29, 1.82) is 0 Å². The molecule has 0 bridgehead atoms. The Hall–Kier alpha value is -0.534. The summed E-state index contributed by atoms with van der Waals surface area (Å²) >= 11 is 0. The van der Waals surface area contributed by atoms with Gasteiger partial charge in [0.25, 0.3) is 0 Å². The van der Waals surface area contributed by atoms with Gasteiger partial charge in [0.1, 0.15) is 6.10 Å². The molecule has 2 N–H and O–H groups in total. The maximum atomic E-state index is 9.45. The maximum absolute atomic E-state index is 9.45. The predicted octanol–water partition coefficient (Wildman–Crippen LogP) is -3.38. The zero-order chi connectivity index (χ0) is 8.73. The van der Waals surface area contributed by atoms with Crippen LogP contribution in [-0.4, -0.2) is 51.5 Å². The van der Waals surface area contributed by atoms with E-state index in [9.17, 15) is 4.79 Å². The average Bonchev–Trinajstić information content (AvgIpc) is 1.63. The first-order valence-electron chi connectivity index (χ1n) is 2.16. The smallest absolute Gasteiger partial charge is 0.652 e. The first kappa shape index (κ1) is 16.8. The van der Waals surface area contributed by atoms with E-state index in [0.29, 0.717) is 0 Å². The standard InChI is InChI=1S/C3H6O3.CH2O3.Mg/c1-2(4)3(5)6;2-1(3)4;/h2,4H,1H3,(H,5,6);(H2,2,3,4);/q;;+2/p-2. The molecule has 0 aliphatic rings. The molecular weight excluding hydrogens is 168 g/mol. The third-order valence-electron chi connectivity index (χ3n) is 0.357. The summed E-state index contributed by atoms with van der Waals surface area (Å²) in [7, 11) is 0. The molecule has 0 heterocycles. The van der Waals surface area contributed by atoms with Crippen molar-refractivity contribution >= 4 is 35.2 Å². The third kappa shape index (κ3) is 43.9. The monoisotopic (exact) mass is 174 g/mol. The Labute approximate surface area is 78.6 Å². The normalized spacial score (nSPS) is 9.64. The van der Waals surface area contributed by atoms with E-state index >= 15 is 0 Å². The largest absolute Gasteiger partial charge is 2.00 e. The molecule has 0 spiro atoms. The van der Waals surface area contributed by atoms with Gasteiger partial charge in [-0.25, -0.2) is 4.79 Å². The topological polar surface area (TPSA) is 121 Å². The molecule has 0 aliphatic heterocycles. The van der Waals surface area contributed by atoms with Gasteiger partial charge in [0.05, 0.1) is 0 Å². The number of aliphatic carboxylic acids is 1. The van der Waals surface area contributed by atoms with Gasteiger partial charge < -0.3 is 25.2 Å². The molecule has 1 unspecified atom stereocenters. The Bertz CT molecular complexity index is 118. The van der Waals surface area contributed by atoms with E-state index in [4.69, 9.17) is 25.2 Å². The second kappa shape index (κ2) is 9.47. The number of aliphatic hydroxyl groups is 1. The van der Waals surface area contributed by atoms with Crippen molar-refractivity contribution in [1.82, 2.24) is 0 Å². The Morgan fingerprint density at radius 1 is 1.36 bits per heavy atom. The Balaban J connectivity index is -0.000000114. The molecule has 0 saturated heterocycles. The molecule has 0 aromatic carbocycles. The average molecular weight is 174 g/mol. The zero-order valence-electron chi connectivity index (χ0n) is 5.81. The van der Waals surface area contributed by atoms with E-state index < -0.39 is 18.2 Å². The van der Waals surface area contributed by atoms with Crippen LogP contribution in [0.5, 0.6) is 0 Å². The van der Waals surface area contributed by atoms with E-state index in [1.165, 1.54) is 6.92 Å². The molecule has 0 aromatic rings. The van der Waals surface area contributed by atoms with Gasteiger partial charge in [0, 0.05) is 0 Å². The molecule has 1 atom stereocenters. The van der Waals surface area contributed by atoms with Gasteiger partial charge in [-0.2, -0.15) is 0 Å². The molecule has 60 valence electrons. The number of rotatable bonds is 1. The molecule has 0 saturated carbocycles. The van der Waals surface area contributed by atoms with E-state index in [0.717, 1.165) is 0 Å². The van der Waals surface area contributed by atoms with Crippen LogP contribution in [0.3, 0.4) is 0 Å². The number of carboxylic acid groups (broad SMARTS) is 3. The summed E-state index contributed by atoms with van der Waals surface area (Å²) in [6.45, 7) is 1.20. The molecule has 0 fully saturated rings. The van der Waals surface area contributed by atoms with Gasteiger partial charge in [-0.3, -0.25) is 0 Å².